The first-order valence-electron chi connectivity index (χ1n) is 11.8. The second-order valence-corrected chi connectivity index (χ2v) is 12.5. The molecule has 10 heteroatoms. The summed E-state index contributed by atoms with van der Waals surface area (Å²) in [5, 5.41) is 1.04. The summed E-state index contributed by atoms with van der Waals surface area (Å²) in [6, 6.07) is 9.42. The predicted molar refractivity (Wildman–Crippen MR) is 139 cm³/mol. The van der Waals surface area contributed by atoms with Crippen LogP contribution in [0.1, 0.15) is 36.8 Å². The fourth-order valence-corrected chi connectivity index (χ4v) is 7.57. The molecule has 5 rings (SSSR count). The maximum absolute atomic E-state index is 14.0. The second kappa shape index (κ2) is 9.78. The number of benzene rings is 2. The van der Waals surface area contributed by atoms with Gasteiger partial charge in [-0.15, -0.1) is 0 Å². The van der Waals surface area contributed by atoms with Gasteiger partial charge in [-0.2, -0.15) is 4.31 Å². The van der Waals surface area contributed by atoms with Crippen LogP contribution >= 0.6 is 22.9 Å². The third kappa shape index (κ3) is 4.84. The van der Waals surface area contributed by atoms with Gasteiger partial charge >= 0.3 is 0 Å². The number of nitrogens with zero attached hydrogens (tertiary/aromatic N) is 3. The van der Waals surface area contributed by atoms with E-state index >= 15 is 0 Å². The van der Waals surface area contributed by atoms with E-state index in [-0.39, 0.29) is 16.9 Å². The summed E-state index contributed by atoms with van der Waals surface area (Å²) in [5.41, 5.74) is 3.15. The Balaban J connectivity index is 1.49. The van der Waals surface area contributed by atoms with Crippen LogP contribution in [-0.2, 0) is 19.6 Å². The number of aryl methyl sites for hydroxylation is 2. The number of rotatable bonds is 6. The Kier molecular flexibility index (Phi) is 6.89. The third-order valence-electron chi connectivity index (χ3n) is 6.81. The molecule has 7 nitrogen and oxygen atoms in total. The van der Waals surface area contributed by atoms with Gasteiger partial charge in [-0.05, 0) is 87.1 Å². The van der Waals surface area contributed by atoms with E-state index in [0.717, 1.165) is 28.6 Å². The van der Waals surface area contributed by atoms with E-state index in [1.165, 1.54) is 33.3 Å². The van der Waals surface area contributed by atoms with Crippen molar-refractivity contribution in [2.45, 2.75) is 56.6 Å². The molecule has 2 atom stereocenters. The zero-order valence-corrected chi connectivity index (χ0v) is 22.1. The molecule has 0 N–H and O–H groups in total. The molecule has 0 radical (unpaired) electrons. The van der Waals surface area contributed by atoms with Crippen LogP contribution in [0.4, 0.5) is 5.13 Å². The summed E-state index contributed by atoms with van der Waals surface area (Å²) in [6.45, 7) is 5.43. The molecule has 2 aliphatic rings. The summed E-state index contributed by atoms with van der Waals surface area (Å²) in [7, 11) is -3.85. The molecule has 0 aliphatic carbocycles. The fourth-order valence-electron chi connectivity index (χ4n) is 4.73. The minimum Gasteiger partial charge on any atom is -0.376 e. The summed E-state index contributed by atoms with van der Waals surface area (Å²) in [5.74, 6) is -0.247. The molecule has 0 bridgehead atoms. The van der Waals surface area contributed by atoms with Crippen molar-refractivity contribution in [1.29, 1.82) is 0 Å². The molecule has 3 heterocycles. The lowest BCUT2D eigenvalue weighted by molar-refractivity contribution is -0.122. The summed E-state index contributed by atoms with van der Waals surface area (Å²) < 4.78 is 35.1. The summed E-state index contributed by atoms with van der Waals surface area (Å²) in [6.07, 6.45) is 2.82. The molecule has 1 aromatic heterocycles. The van der Waals surface area contributed by atoms with Crippen LogP contribution in [0.3, 0.4) is 0 Å². The van der Waals surface area contributed by atoms with Gasteiger partial charge < -0.3 is 4.74 Å². The van der Waals surface area contributed by atoms with Crippen LogP contribution < -0.4 is 4.90 Å². The Morgan fingerprint density at radius 2 is 1.91 bits per heavy atom. The average molecular weight is 534 g/mol. The predicted octanol–water partition coefficient (Wildman–Crippen LogP) is 4.93. The topological polar surface area (TPSA) is 79.8 Å². The molecule has 0 spiro atoms. The lowest BCUT2D eigenvalue weighted by Gasteiger charge is -2.29. The number of aromatic nitrogens is 1. The summed E-state index contributed by atoms with van der Waals surface area (Å²) in [4.78, 5) is 20.6. The number of hydrogen-bond donors (Lipinski definition) is 0. The van der Waals surface area contributed by atoms with Gasteiger partial charge in [0.2, 0.25) is 15.9 Å². The van der Waals surface area contributed by atoms with Gasteiger partial charge in [0.1, 0.15) is 6.04 Å². The zero-order valence-electron chi connectivity index (χ0n) is 19.7. The zero-order chi connectivity index (χ0) is 24.7. The molecule has 1 amide bonds. The molecular weight excluding hydrogens is 506 g/mol. The average Bonchev–Trinajstić information content (AvgIpc) is 3.58. The fraction of sp³-hybridized carbons (Fsp3) is 0.440. The molecule has 3 aromatic rings. The van der Waals surface area contributed by atoms with Gasteiger partial charge in [-0.1, -0.05) is 22.9 Å². The minimum absolute atomic E-state index is 0.0860. The number of sulfonamides is 1. The number of ether oxygens (including phenoxy) is 1. The van der Waals surface area contributed by atoms with Crippen molar-refractivity contribution in [1.82, 2.24) is 9.29 Å². The molecule has 2 unspecified atom stereocenters. The van der Waals surface area contributed by atoms with Crippen molar-refractivity contribution >= 4 is 54.2 Å². The Labute approximate surface area is 214 Å². The largest absolute Gasteiger partial charge is 0.376 e. The number of hydrogen-bond acceptors (Lipinski definition) is 6. The van der Waals surface area contributed by atoms with E-state index in [2.05, 4.69) is 13.0 Å². The molecule has 2 saturated heterocycles. The molecule has 2 fully saturated rings. The number of carbonyl (C=O) groups is 1. The molecule has 2 aliphatic heterocycles. The van der Waals surface area contributed by atoms with Gasteiger partial charge in [0.25, 0.3) is 0 Å². The van der Waals surface area contributed by atoms with Gasteiger partial charge in [0, 0.05) is 18.2 Å². The number of halogens is 1. The Morgan fingerprint density at radius 1 is 1.17 bits per heavy atom. The SMILES string of the molecule is Cc1cc2nc(N(CC3CCCO3)C(=O)C3CCCN3S(=O)(=O)c3ccc(Cl)cc3)sc2cc1C. The highest BCUT2D eigenvalue weighted by molar-refractivity contribution is 7.89. The van der Waals surface area contributed by atoms with Crippen molar-refractivity contribution in [2.24, 2.45) is 0 Å². The first kappa shape index (κ1) is 24.6. The lowest BCUT2D eigenvalue weighted by Crippen LogP contribution is -2.49. The lowest BCUT2D eigenvalue weighted by atomic mass is 10.1. The van der Waals surface area contributed by atoms with E-state index in [9.17, 15) is 13.2 Å². The summed E-state index contributed by atoms with van der Waals surface area (Å²) >= 11 is 7.42. The van der Waals surface area contributed by atoms with Crippen LogP contribution in [0.5, 0.6) is 0 Å². The van der Waals surface area contributed by atoms with E-state index < -0.39 is 16.1 Å². The van der Waals surface area contributed by atoms with Gasteiger partial charge in [0.05, 0.1) is 27.8 Å². The number of anilines is 1. The molecule has 0 saturated carbocycles. The molecule has 2 aromatic carbocycles. The van der Waals surface area contributed by atoms with Crippen molar-refractivity contribution in [3.63, 3.8) is 0 Å². The number of thiazole rings is 1. The Morgan fingerprint density at radius 3 is 2.63 bits per heavy atom. The van der Waals surface area contributed by atoms with Crippen LogP contribution in [0, 0.1) is 13.8 Å². The van der Waals surface area contributed by atoms with Gasteiger partial charge in [0.15, 0.2) is 5.13 Å². The monoisotopic (exact) mass is 533 g/mol. The Bertz CT molecular complexity index is 1310. The maximum atomic E-state index is 14.0. The van der Waals surface area contributed by atoms with Crippen LogP contribution in [0.2, 0.25) is 5.02 Å². The first-order chi connectivity index (χ1) is 16.7. The Hall–Kier alpha value is -2.04. The van der Waals surface area contributed by atoms with Crippen LogP contribution in [-0.4, -0.2) is 55.5 Å². The van der Waals surface area contributed by atoms with Crippen molar-refractivity contribution in [3.05, 3.63) is 52.5 Å². The van der Waals surface area contributed by atoms with Gasteiger partial charge in [-0.25, -0.2) is 13.4 Å². The maximum Gasteiger partial charge on any atom is 0.247 e. The van der Waals surface area contributed by atoms with Crippen molar-refractivity contribution in [2.75, 3.05) is 24.6 Å². The molecular formula is C25H28ClN3O4S2. The highest BCUT2D eigenvalue weighted by Crippen LogP contribution is 2.34. The van der Waals surface area contributed by atoms with Gasteiger partial charge in [-0.3, -0.25) is 9.69 Å². The van der Waals surface area contributed by atoms with E-state index in [4.69, 9.17) is 21.3 Å². The van der Waals surface area contributed by atoms with E-state index in [0.29, 0.717) is 42.7 Å². The minimum atomic E-state index is -3.85. The van der Waals surface area contributed by atoms with E-state index in [1.54, 1.807) is 17.0 Å². The number of amides is 1. The number of fused-ring (bicyclic) bond motifs is 1. The van der Waals surface area contributed by atoms with E-state index in [1.807, 2.05) is 13.0 Å². The van der Waals surface area contributed by atoms with Crippen LogP contribution in [0.25, 0.3) is 10.2 Å². The quantitative estimate of drug-likeness (QED) is 0.449. The standard InChI is InChI=1S/C25H28ClN3O4S2/c1-16-13-21-23(14-17(16)2)34-25(27-21)28(15-19-5-4-12-33-19)24(30)22-6-3-11-29(22)35(31,32)20-9-7-18(26)8-10-20/h7-10,13-14,19,22H,3-6,11-12,15H2,1-2H3. The highest BCUT2D eigenvalue weighted by atomic mass is 35.5. The second-order valence-electron chi connectivity index (χ2n) is 9.21. The third-order valence-corrected chi connectivity index (χ3v) is 10.0. The smallest absolute Gasteiger partial charge is 0.247 e. The highest BCUT2D eigenvalue weighted by Gasteiger charge is 2.42. The molecule has 186 valence electrons. The van der Waals surface area contributed by atoms with Crippen molar-refractivity contribution < 1.29 is 17.9 Å². The normalized spacial score (nSPS) is 21.1. The first-order valence-corrected chi connectivity index (χ1v) is 14.5. The molecule has 35 heavy (non-hydrogen) atoms. The van der Waals surface area contributed by atoms with Crippen molar-refractivity contribution in [3.8, 4) is 0 Å². The van der Waals surface area contributed by atoms with Crippen LogP contribution in [0.15, 0.2) is 41.3 Å². The number of carbonyl (C=O) groups excluding carboxylic acids is 1.